The maximum absolute atomic E-state index is 12.5. The van der Waals surface area contributed by atoms with E-state index in [1.54, 1.807) is 36.4 Å². The fourth-order valence-electron chi connectivity index (χ4n) is 3.78. The second kappa shape index (κ2) is 12.1. The van der Waals surface area contributed by atoms with Crippen LogP contribution in [-0.2, 0) is 0 Å². The number of ether oxygens (including phenoxy) is 2. The van der Waals surface area contributed by atoms with Gasteiger partial charge in [-0.15, -0.1) is 0 Å². The number of nitrogens with zero attached hydrogens (tertiary/aromatic N) is 1. The van der Waals surface area contributed by atoms with Crippen molar-refractivity contribution in [2.75, 3.05) is 0 Å². The lowest BCUT2D eigenvalue weighted by molar-refractivity contribution is 0.0725. The summed E-state index contributed by atoms with van der Waals surface area (Å²) in [5.41, 5.74) is 3.55. The molecule has 0 radical (unpaired) electrons. The molecule has 5 aromatic rings. The van der Waals surface area contributed by atoms with Gasteiger partial charge in [0.2, 0.25) is 0 Å². The molecule has 0 saturated heterocycles. The zero-order chi connectivity index (χ0) is 28.2. The van der Waals surface area contributed by atoms with Crippen molar-refractivity contribution >= 4 is 58.3 Å². The molecule has 40 heavy (non-hydrogen) atoms. The van der Waals surface area contributed by atoms with Gasteiger partial charge in [-0.2, -0.15) is 0 Å². The Balaban J connectivity index is 1.27. The summed E-state index contributed by atoms with van der Waals surface area (Å²) in [7, 11) is 0. The molecule has 0 atom stereocenters. The number of halogens is 4. The summed E-state index contributed by atoms with van der Waals surface area (Å²) in [6.45, 7) is 0. The van der Waals surface area contributed by atoms with Gasteiger partial charge in [-0.05, 0) is 97.1 Å². The predicted molar refractivity (Wildman–Crippen MR) is 158 cm³/mol. The number of hydrogen-bond donors (Lipinski definition) is 0. The first-order valence-corrected chi connectivity index (χ1v) is 13.3. The van der Waals surface area contributed by atoms with E-state index in [2.05, 4.69) is 0 Å². The van der Waals surface area contributed by atoms with Crippen molar-refractivity contribution in [3.63, 3.8) is 0 Å². The number of benzene rings is 4. The van der Waals surface area contributed by atoms with Gasteiger partial charge in [0.25, 0.3) is 0 Å². The van der Waals surface area contributed by atoms with Gasteiger partial charge >= 0.3 is 11.9 Å². The van der Waals surface area contributed by atoms with E-state index in [0.29, 0.717) is 21.5 Å². The Morgan fingerprint density at radius 2 is 0.925 bits per heavy atom. The van der Waals surface area contributed by atoms with E-state index >= 15 is 0 Å². The number of carbonyl (C=O) groups is 2. The van der Waals surface area contributed by atoms with Crippen LogP contribution in [0.15, 0.2) is 103 Å². The maximum atomic E-state index is 12.5. The van der Waals surface area contributed by atoms with E-state index in [-0.39, 0.29) is 21.2 Å². The molecule has 0 unspecified atom stereocenters. The van der Waals surface area contributed by atoms with Crippen LogP contribution < -0.4 is 9.47 Å². The van der Waals surface area contributed by atoms with E-state index in [1.165, 1.54) is 24.3 Å². The van der Waals surface area contributed by atoms with E-state index in [1.807, 2.05) is 42.5 Å². The third kappa shape index (κ3) is 6.46. The molecule has 1 heterocycles. The zero-order valence-electron chi connectivity index (χ0n) is 20.4. The smallest absolute Gasteiger partial charge is 0.345 e. The quantitative estimate of drug-likeness (QED) is 0.142. The summed E-state index contributed by atoms with van der Waals surface area (Å²) >= 11 is 24.0. The second-order valence-corrected chi connectivity index (χ2v) is 10.2. The van der Waals surface area contributed by atoms with Crippen molar-refractivity contribution < 1.29 is 19.1 Å². The van der Waals surface area contributed by atoms with Crippen LogP contribution in [0, 0.1) is 0 Å². The first kappa shape index (κ1) is 27.7. The third-order valence-corrected chi connectivity index (χ3v) is 6.87. The van der Waals surface area contributed by atoms with Crippen LogP contribution in [0.2, 0.25) is 20.1 Å². The monoisotopic (exact) mass is 607 g/mol. The molecule has 0 amide bonds. The normalized spacial score (nSPS) is 10.7. The molecule has 198 valence electrons. The Labute approximate surface area is 249 Å². The first-order chi connectivity index (χ1) is 19.3. The molecule has 5 nitrogen and oxygen atoms in total. The number of aromatic nitrogens is 1. The highest BCUT2D eigenvalue weighted by Gasteiger charge is 2.15. The van der Waals surface area contributed by atoms with Crippen molar-refractivity contribution in [2.45, 2.75) is 0 Å². The number of carbonyl (C=O) groups excluding carboxylic acids is 2. The summed E-state index contributed by atoms with van der Waals surface area (Å²) in [4.78, 5) is 29.7. The molecule has 0 N–H and O–H groups in total. The van der Waals surface area contributed by atoms with Gasteiger partial charge in [0, 0.05) is 21.2 Å². The highest BCUT2D eigenvalue weighted by atomic mass is 35.5. The molecule has 0 saturated carbocycles. The number of pyridine rings is 1. The molecule has 9 heteroatoms. The number of rotatable bonds is 6. The summed E-state index contributed by atoms with van der Waals surface area (Å²) in [5.74, 6) is -0.443. The minimum absolute atomic E-state index is 0.215. The lowest BCUT2D eigenvalue weighted by Gasteiger charge is -2.09. The van der Waals surface area contributed by atoms with Gasteiger partial charge in [-0.1, -0.05) is 52.5 Å². The summed E-state index contributed by atoms with van der Waals surface area (Å²) in [6.07, 6.45) is 0. The topological polar surface area (TPSA) is 65.5 Å². The fourth-order valence-corrected chi connectivity index (χ4v) is 4.75. The molecular weight excluding hydrogens is 592 g/mol. The second-order valence-electron chi connectivity index (χ2n) is 8.48. The van der Waals surface area contributed by atoms with Gasteiger partial charge < -0.3 is 9.47 Å². The molecule has 0 fully saturated rings. The molecule has 0 bridgehead atoms. The average Bonchev–Trinajstić information content (AvgIpc) is 2.94. The molecule has 0 spiro atoms. The van der Waals surface area contributed by atoms with Crippen LogP contribution in [0.5, 0.6) is 11.5 Å². The molecule has 0 aliphatic heterocycles. The summed E-state index contributed by atoms with van der Waals surface area (Å²) in [6, 6.07) is 28.8. The third-order valence-electron chi connectivity index (χ3n) is 5.77. The Morgan fingerprint density at radius 1 is 0.525 bits per heavy atom. The van der Waals surface area contributed by atoms with Crippen LogP contribution in [0.3, 0.4) is 0 Å². The largest absolute Gasteiger partial charge is 0.423 e. The lowest BCUT2D eigenvalue weighted by atomic mass is 10.1. The highest BCUT2D eigenvalue weighted by Crippen LogP contribution is 2.28. The van der Waals surface area contributed by atoms with Gasteiger partial charge in [-0.3, -0.25) is 0 Å². The Hall–Kier alpha value is -3.87. The summed E-state index contributed by atoms with van der Waals surface area (Å²) in [5, 5.41) is 1.29. The van der Waals surface area contributed by atoms with E-state index in [4.69, 9.17) is 60.9 Å². The molecule has 4 aromatic carbocycles. The van der Waals surface area contributed by atoms with Gasteiger partial charge in [0.05, 0.1) is 32.6 Å². The molecule has 1 aromatic heterocycles. The van der Waals surface area contributed by atoms with Gasteiger partial charge in [-0.25, -0.2) is 14.6 Å². The standard InChI is InChI=1S/C31H17Cl4NO4/c32-20-8-14-24(26(34)16-20)30(37)39-22-10-4-18(5-11-22)28-2-1-3-29(36-28)19-6-12-23(13-7-19)40-31(38)25-15-9-21(33)17-27(25)35/h1-17H. The van der Waals surface area contributed by atoms with Crippen molar-refractivity contribution in [3.8, 4) is 34.0 Å². The summed E-state index contributed by atoms with van der Waals surface area (Å²) < 4.78 is 10.9. The van der Waals surface area contributed by atoms with Crippen LogP contribution in [0.1, 0.15) is 20.7 Å². The minimum atomic E-state index is -0.583. The average molecular weight is 609 g/mol. The maximum Gasteiger partial charge on any atom is 0.345 e. The minimum Gasteiger partial charge on any atom is -0.423 e. The number of hydrogen-bond acceptors (Lipinski definition) is 5. The van der Waals surface area contributed by atoms with Crippen molar-refractivity contribution in [3.05, 3.63) is 134 Å². The van der Waals surface area contributed by atoms with Crippen molar-refractivity contribution in [1.82, 2.24) is 4.98 Å². The van der Waals surface area contributed by atoms with Gasteiger partial charge in [0.15, 0.2) is 0 Å². The first-order valence-electron chi connectivity index (χ1n) is 11.8. The highest BCUT2D eigenvalue weighted by molar-refractivity contribution is 6.37. The Bertz CT molecular complexity index is 1600. The van der Waals surface area contributed by atoms with Crippen LogP contribution in [0.25, 0.3) is 22.5 Å². The Kier molecular flexibility index (Phi) is 8.38. The van der Waals surface area contributed by atoms with E-state index in [9.17, 15) is 9.59 Å². The van der Waals surface area contributed by atoms with Crippen LogP contribution in [-0.4, -0.2) is 16.9 Å². The predicted octanol–water partition coefficient (Wildman–Crippen LogP) is 9.47. The molecular formula is C31H17Cl4NO4. The van der Waals surface area contributed by atoms with Gasteiger partial charge in [0.1, 0.15) is 11.5 Å². The molecule has 0 aliphatic carbocycles. The zero-order valence-corrected chi connectivity index (χ0v) is 23.4. The van der Waals surface area contributed by atoms with E-state index < -0.39 is 11.9 Å². The van der Waals surface area contributed by atoms with Crippen molar-refractivity contribution in [1.29, 1.82) is 0 Å². The Morgan fingerprint density at radius 3 is 1.30 bits per heavy atom. The fraction of sp³-hybridized carbons (Fsp3) is 0. The van der Waals surface area contributed by atoms with Crippen LogP contribution in [0.4, 0.5) is 0 Å². The van der Waals surface area contributed by atoms with Crippen LogP contribution >= 0.6 is 46.4 Å². The lowest BCUT2D eigenvalue weighted by Crippen LogP contribution is -2.09. The van der Waals surface area contributed by atoms with Crippen molar-refractivity contribution in [2.24, 2.45) is 0 Å². The molecule has 0 aliphatic rings. The molecule has 5 rings (SSSR count). The SMILES string of the molecule is O=C(Oc1ccc(-c2cccc(-c3ccc(OC(=O)c4ccc(Cl)cc4Cl)cc3)n2)cc1)c1ccc(Cl)cc1Cl. The van der Waals surface area contributed by atoms with E-state index in [0.717, 1.165) is 22.5 Å². The number of esters is 2.